The number of carbonyl (C=O) groups is 2. The third-order valence-corrected chi connectivity index (χ3v) is 6.42. The SMILES string of the molecule is CCOc1ccc(/C(O)=C2/C(=O)C(=O)N(Cc3ccccn3)C2c2ccc(Cl)c(Cl)c2)c(OCC)c1. The van der Waals surface area contributed by atoms with Crippen LogP contribution in [0.4, 0.5) is 0 Å². The Bertz CT molecular complexity index is 1330. The maximum atomic E-state index is 13.3. The molecule has 1 amide bonds. The number of pyridine rings is 1. The average Bonchev–Trinajstić information content (AvgIpc) is 3.11. The lowest BCUT2D eigenvalue weighted by atomic mass is 9.95. The number of benzene rings is 2. The molecule has 9 heteroatoms. The first-order valence-electron chi connectivity index (χ1n) is 11.4. The summed E-state index contributed by atoms with van der Waals surface area (Å²) in [6.45, 7) is 4.48. The van der Waals surface area contributed by atoms with Gasteiger partial charge in [-0.05, 0) is 55.8 Å². The first-order valence-corrected chi connectivity index (χ1v) is 12.1. The van der Waals surface area contributed by atoms with Crippen LogP contribution in [-0.4, -0.2) is 39.9 Å². The van der Waals surface area contributed by atoms with Gasteiger partial charge in [0.2, 0.25) is 0 Å². The monoisotopic (exact) mass is 526 g/mol. The fraction of sp³-hybridized carbons (Fsp3) is 0.222. The largest absolute Gasteiger partial charge is 0.507 e. The Kier molecular flexibility index (Phi) is 7.82. The summed E-state index contributed by atoms with van der Waals surface area (Å²) in [7, 11) is 0. The van der Waals surface area contributed by atoms with E-state index in [4.69, 9.17) is 32.7 Å². The molecule has 1 N–H and O–H groups in total. The van der Waals surface area contributed by atoms with Crippen molar-refractivity contribution in [3.63, 3.8) is 0 Å². The predicted octanol–water partition coefficient (Wildman–Crippen LogP) is 5.81. The van der Waals surface area contributed by atoms with Crippen molar-refractivity contribution >= 4 is 40.7 Å². The highest BCUT2D eigenvalue weighted by atomic mass is 35.5. The fourth-order valence-corrected chi connectivity index (χ4v) is 4.42. The minimum absolute atomic E-state index is 0.0503. The molecule has 1 unspecified atom stereocenters. The molecule has 3 aromatic rings. The van der Waals surface area contributed by atoms with E-state index in [-0.39, 0.29) is 28.5 Å². The Morgan fingerprint density at radius 2 is 1.78 bits per heavy atom. The number of hydrogen-bond donors (Lipinski definition) is 1. The predicted molar refractivity (Wildman–Crippen MR) is 137 cm³/mol. The minimum atomic E-state index is -0.928. The van der Waals surface area contributed by atoms with Gasteiger partial charge in [-0.15, -0.1) is 0 Å². The zero-order valence-electron chi connectivity index (χ0n) is 19.7. The number of aliphatic hydroxyl groups excluding tert-OH is 1. The molecule has 36 heavy (non-hydrogen) atoms. The number of nitrogens with zero attached hydrogens (tertiary/aromatic N) is 2. The Morgan fingerprint density at radius 3 is 2.44 bits per heavy atom. The van der Waals surface area contributed by atoms with Gasteiger partial charge in [0.25, 0.3) is 11.7 Å². The van der Waals surface area contributed by atoms with Crippen molar-refractivity contribution in [2.45, 2.75) is 26.4 Å². The zero-order valence-corrected chi connectivity index (χ0v) is 21.2. The van der Waals surface area contributed by atoms with E-state index in [1.807, 2.05) is 6.92 Å². The number of rotatable bonds is 8. The zero-order chi connectivity index (χ0) is 25.8. The number of likely N-dealkylation sites (tertiary alicyclic amines) is 1. The normalized spacial score (nSPS) is 16.9. The van der Waals surface area contributed by atoms with Gasteiger partial charge in [-0.2, -0.15) is 0 Å². The first kappa shape index (κ1) is 25.5. The van der Waals surface area contributed by atoms with Crippen LogP contribution in [-0.2, 0) is 16.1 Å². The second kappa shape index (κ2) is 11.0. The number of ketones is 1. The van der Waals surface area contributed by atoms with Gasteiger partial charge in [-0.1, -0.05) is 35.3 Å². The number of halogens is 2. The van der Waals surface area contributed by atoms with Crippen LogP contribution in [0.5, 0.6) is 11.5 Å². The van der Waals surface area contributed by atoms with Crippen LogP contribution in [0.25, 0.3) is 5.76 Å². The Balaban J connectivity index is 1.90. The van der Waals surface area contributed by atoms with Crippen LogP contribution in [0.2, 0.25) is 10.0 Å². The summed E-state index contributed by atoms with van der Waals surface area (Å²) < 4.78 is 11.3. The summed E-state index contributed by atoms with van der Waals surface area (Å²) in [5.74, 6) is -1.07. The van der Waals surface area contributed by atoms with Crippen molar-refractivity contribution in [3.8, 4) is 11.5 Å². The lowest BCUT2D eigenvalue weighted by molar-refractivity contribution is -0.140. The molecule has 186 valence electrons. The van der Waals surface area contributed by atoms with Crippen molar-refractivity contribution in [3.05, 3.63) is 93.2 Å². The van der Waals surface area contributed by atoms with Crippen LogP contribution < -0.4 is 9.47 Å². The van der Waals surface area contributed by atoms with Gasteiger partial charge in [0.1, 0.15) is 17.3 Å². The molecule has 1 aromatic heterocycles. The fourth-order valence-electron chi connectivity index (χ4n) is 4.11. The minimum Gasteiger partial charge on any atom is -0.507 e. The van der Waals surface area contributed by atoms with Gasteiger partial charge < -0.3 is 19.5 Å². The highest BCUT2D eigenvalue weighted by Crippen LogP contribution is 2.43. The van der Waals surface area contributed by atoms with Crippen molar-refractivity contribution in [1.29, 1.82) is 0 Å². The number of hydrogen-bond acceptors (Lipinski definition) is 6. The molecule has 1 atom stereocenters. The van der Waals surface area contributed by atoms with Crippen LogP contribution in [0, 0.1) is 0 Å². The summed E-state index contributed by atoms with van der Waals surface area (Å²) in [4.78, 5) is 32.2. The second-order valence-electron chi connectivity index (χ2n) is 7.95. The van der Waals surface area contributed by atoms with E-state index >= 15 is 0 Å². The molecule has 0 aliphatic carbocycles. The van der Waals surface area contributed by atoms with E-state index in [1.54, 1.807) is 67.7 Å². The second-order valence-corrected chi connectivity index (χ2v) is 8.76. The number of amides is 1. The molecule has 1 fully saturated rings. The molecule has 1 saturated heterocycles. The smallest absolute Gasteiger partial charge is 0.296 e. The molecule has 0 saturated carbocycles. The molecule has 0 spiro atoms. The topological polar surface area (TPSA) is 89.0 Å². The average molecular weight is 527 g/mol. The Hall–Kier alpha value is -3.55. The number of aliphatic hydroxyl groups is 1. The molecule has 4 rings (SSSR count). The van der Waals surface area contributed by atoms with Gasteiger partial charge in [0.15, 0.2) is 0 Å². The summed E-state index contributed by atoms with van der Waals surface area (Å²) in [6.07, 6.45) is 1.61. The van der Waals surface area contributed by atoms with Gasteiger partial charge in [0, 0.05) is 12.3 Å². The van der Waals surface area contributed by atoms with E-state index in [9.17, 15) is 14.7 Å². The van der Waals surface area contributed by atoms with Crippen molar-refractivity contribution in [1.82, 2.24) is 9.88 Å². The third-order valence-electron chi connectivity index (χ3n) is 5.68. The highest BCUT2D eigenvalue weighted by Gasteiger charge is 2.46. The maximum absolute atomic E-state index is 13.3. The van der Waals surface area contributed by atoms with E-state index in [2.05, 4.69) is 4.98 Å². The quantitative estimate of drug-likeness (QED) is 0.226. The maximum Gasteiger partial charge on any atom is 0.296 e. The summed E-state index contributed by atoms with van der Waals surface area (Å²) in [6, 6.07) is 14.1. The van der Waals surface area contributed by atoms with Crippen LogP contribution in [0.15, 0.2) is 66.4 Å². The van der Waals surface area contributed by atoms with Crippen molar-refractivity contribution in [2.75, 3.05) is 13.2 Å². The molecule has 1 aliphatic heterocycles. The number of ether oxygens (including phenoxy) is 2. The van der Waals surface area contributed by atoms with E-state index in [0.29, 0.717) is 41.0 Å². The Morgan fingerprint density at radius 1 is 1.00 bits per heavy atom. The Labute approximate surface area is 218 Å². The van der Waals surface area contributed by atoms with E-state index < -0.39 is 17.7 Å². The summed E-state index contributed by atoms with van der Waals surface area (Å²) in [5.41, 5.74) is 1.28. The van der Waals surface area contributed by atoms with E-state index in [0.717, 1.165) is 0 Å². The molecular formula is C27H24Cl2N2O5. The highest BCUT2D eigenvalue weighted by molar-refractivity contribution is 6.46. The van der Waals surface area contributed by atoms with Crippen LogP contribution in [0.1, 0.15) is 36.7 Å². The molecule has 7 nitrogen and oxygen atoms in total. The molecular weight excluding hydrogens is 503 g/mol. The standard InChI is InChI=1S/C27H24Cl2N2O5/c1-3-35-18-9-10-19(22(14-18)36-4-2)25(32)23-24(16-8-11-20(28)21(29)13-16)31(27(34)26(23)33)15-17-7-5-6-12-30-17/h5-14,24,32H,3-4,15H2,1-2H3/b25-23-. The molecule has 2 heterocycles. The number of Topliss-reactive ketones (excluding diaryl/α,β-unsaturated/α-hetero) is 1. The lowest BCUT2D eigenvalue weighted by Crippen LogP contribution is -2.29. The third kappa shape index (κ3) is 5.03. The number of carbonyl (C=O) groups excluding carboxylic acids is 2. The van der Waals surface area contributed by atoms with Gasteiger partial charge >= 0.3 is 0 Å². The van der Waals surface area contributed by atoms with Crippen LogP contribution in [0.3, 0.4) is 0 Å². The first-order chi connectivity index (χ1) is 17.3. The summed E-state index contributed by atoms with van der Waals surface area (Å²) in [5, 5.41) is 12.0. The molecule has 1 aliphatic rings. The molecule has 0 bridgehead atoms. The summed E-state index contributed by atoms with van der Waals surface area (Å²) >= 11 is 12.4. The van der Waals surface area contributed by atoms with Crippen molar-refractivity contribution < 1.29 is 24.2 Å². The van der Waals surface area contributed by atoms with E-state index in [1.165, 1.54) is 4.90 Å². The van der Waals surface area contributed by atoms with Gasteiger partial charge in [-0.25, -0.2) is 0 Å². The van der Waals surface area contributed by atoms with Gasteiger partial charge in [-0.3, -0.25) is 14.6 Å². The van der Waals surface area contributed by atoms with Crippen molar-refractivity contribution in [2.24, 2.45) is 0 Å². The molecule has 2 aromatic carbocycles. The van der Waals surface area contributed by atoms with Gasteiger partial charge in [0.05, 0.1) is 52.7 Å². The van der Waals surface area contributed by atoms with Crippen LogP contribution >= 0.6 is 23.2 Å². The molecule has 0 radical (unpaired) electrons. The number of aromatic nitrogens is 1. The lowest BCUT2D eigenvalue weighted by Gasteiger charge is -2.25.